The van der Waals surface area contributed by atoms with Gasteiger partial charge in [0.15, 0.2) is 0 Å². The van der Waals surface area contributed by atoms with Crippen LogP contribution < -0.4 is 0 Å². The van der Waals surface area contributed by atoms with Crippen molar-refractivity contribution < 1.29 is 13.9 Å². The van der Waals surface area contributed by atoms with Gasteiger partial charge in [0.1, 0.15) is 10.5 Å². The minimum atomic E-state index is -0.580. The summed E-state index contributed by atoms with van der Waals surface area (Å²) in [7, 11) is 0.309. The smallest absolute Gasteiger partial charge is 0.145 e. The molecule has 0 spiro atoms. The Kier molecular flexibility index (Phi) is 6.83. The van der Waals surface area contributed by atoms with Crippen molar-refractivity contribution in [3.05, 3.63) is 0 Å². The van der Waals surface area contributed by atoms with Crippen molar-refractivity contribution in [2.24, 2.45) is 5.41 Å². The summed E-state index contributed by atoms with van der Waals surface area (Å²) in [6.45, 7) is 8.19. The molecule has 1 fully saturated rings. The van der Waals surface area contributed by atoms with Crippen LogP contribution in [0.2, 0.25) is 12.6 Å². The molecular weight excluding hydrogens is 236 g/mol. The van der Waals surface area contributed by atoms with Crippen molar-refractivity contribution in [1.29, 1.82) is 0 Å². The number of hydrogen-bond donors (Lipinski definition) is 0. The highest BCUT2D eigenvalue weighted by Crippen LogP contribution is 2.31. The molecule has 5 heteroatoms. The number of rotatable bonds is 9. The van der Waals surface area contributed by atoms with Gasteiger partial charge in [0, 0.05) is 18.3 Å². The van der Waals surface area contributed by atoms with Gasteiger partial charge in [0.2, 0.25) is 0 Å². The fourth-order valence-electron chi connectivity index (χ4n) is 1.97. The molecule has 0 N–H and O–H groups in total. The summed E-state index contributed by atoms with van der Waals surface area (Å²) in [4.78, 5) is 0. The molecule has 3 nitrogen and oxygen atoms in total. The van der Waals surface area contributed by atoms with Crippen LogP contribution in [0.1, 0.15) is 19.8 Å². The summed E-state index contributed by atoms with van der Waals surface area (Å²) < 4.78 is 16.3. The van der Waals surface area contributed by atoms with E-state index in [0.29, 0.717) is 5.41 Å². The second-order valence-electron chi connectivity index (χ2n) is 5.10. The van der Waals surface area contributed by atoms with Crippen molar-refractivity contribution in [3.63, 3.8) is 0 Å². The fourth-order valence-corrected chi connectivity index (χ4v) is 5.28. The Labute approximate surface area is 104 Å². The zero-order chi connectivity index (χ0) is 11.9. The molecule has 0 aromatic rings. The van der Waals surface area contributed by atoms with E-state index in [-0.39, 0.29) is 0 Å². The predicted octanol–water partition coefficient (Wildman–Crippen LogP) is 0.513. The number of ether oxygens (including phenoxy) is 2. The molecule has 0 bridgehead atoms. The van der Waals surface area contributed by atoms with E-state index in [4.69, 9.17) is 13.9 Å². The zero-order valence-corrected chi connectivity index (χ0v) is 14.1. The molecule has 0 aromatic carbocycles. The largest absolute Gasteiger partial charge is 0.431 e. The van der Waals surface area contributed by atoms with E-state index in [9.17, 15) is 0 Å². The quantitative estimate of drug-likeness (QED) is 0.448. The first-order valence-corrected chi connectivity index (χ1v) is 9.97. The molecule has 1 atom stereocenters. The molecule has 0 aliphatic carbocycles. The molecule has 0 saturated carbocycles. The molecule has 1 saturated heterocycles. The molecule has 0 aromatic heterocycles. The fraction of sp³-hybridized carbons (Fsp3) is 1.00. The molecule has 0 radical (unpaired) electrons. The van der Waals surface area contributed by atoms with Gasteiger partial charge in [-0.15, -0.1) is 0 Å². The van der Waals surface area contributed by atoms with Crippen molar-refractivity contribution in [2.75, 3.05) is 32.7 Å². The second kappa shape index (κ2) is 7.60. The lowest BCUT2D eigenvalue weighted by Gasteiger charge is -2.40. The first-order chi connectivity index (χ1) is 7.72. The molecule has 1 unspecified atom stereocenters. The SMILES string of the molecule is CCC1(COCCC[SiH](C)CO[SiH3])COC1. The highest BCUT2D eigenvalue weighted by molar-refractivity contribution is 6.57. The first kappa shape index (κ1) is 14.4. The van der Waals surface area contributed by atoms with Crippen LogP contribution in [0.4, 0.5) is 0 Å². The van der Waals surface area contributed by atoms with Crippen molar-refractivity contribution in [1.82, 2.24) is 0 Å². The minimum absolute atomic E-state index is 0.348. The van der Waals surface area contributed by atoms with Gasteiger partial charge in [0.05, 0.1) is 28.6 Å². The van der Waals surface area contributed by atoms with E-state index in [1.54, 1.807) is 0 Å². The van der Waals surface area contributed by atoms with E-state index in [2.05, 4.69) is 13.5 Å². The standard InChI is InChI=1S/C11H26O3Si2/c1-3-11(8-13-9-11)7-12-5-4-6-16(2)10-14-15/h16H,3-10H2,1-2,15H3. The van der Waals surface area contributed by atoms with Crippen LogP contribution in [0.5, 0.6) is 0 Å². The monoisotopic (exact) mass is 262 g/mol. The molecule has 16 heavy (non-hydrogen) atoms. The van der Waals surface area contributed by atoms with Crippen LogP contribution in [0.25, 0.3) is 0 Å². The lowest BCUT2D eigenvalue weighted by atomic mass is 9.84. The maximum absolute atomic E-state index is 5.77. The van der Waals surface area contributed by atoms with Gasteiger partial charge >= 0.3 is 0 Å². The summed E-state index contributed by atoms with van der Waals surface area (Å²) in [6, 6.07) is 1.35. The molecule has 1 aliphatic heterocycles. The van der Waals surface area contributed by atoms with Crippen LogP contribution >= 0.6 is 0 Å². The average Bonchev–Trinajstić information content (AvgIpc) is 2.21. The lowest BCUT2D eigenvalue weighted by molar-refractivity contribution is -0.150. The number of hydrogen-bond acceptors (Lipinski definition) is 3. The van der Waals surface area contributed by atoms with Gasteiger partial charge in [-0.1, -0.05) is 19.5 Å². The van der Waals surface area contributed by atoms with E-state index in [0.717, 1.165) is 43.1 Å². The Morgan fingerprint density at radius 3 is 2.69 bits per heavy atom. The Morgan fingerprint density at radius 2 is 2.19 bits per heavy atom. The third-order valence-corrected chi connectivity index (χ3v) is 6.71. The average molecular weight is 262 g/mol. The summed E-state index contributed by atoms with van der Waals surface area (Å²) in [6.07, 6.45) is 3.43. The molecule has 1 rings (SSSR count). The van der Waals surface area contributed by atoms with Crippen molar-refractivity contribution in [3.8, 4) is 0 Å². The summed E-state index contributed by atoms with van der Waals surface area (Å²) in [5.74, 6) is 0. The highest BCUT2D eigenvalue weighted by atomic mass is 28.3. The Bertz CT molecular complexity index is 181. The van der Waals surface area contributed by atoms with E-state index < -0.39 is 8.80 Å². The van der Waals surface area contributed by atoms with E-state index >= 15 is 0 Å². The minimum Gasteiger partial charge on any atom is -0.431 e. The van der Waals surface area contributed by atoms with Gasteiger partial charge in [0.25, 0.3) is 0 Å². The van der Waals surface area contributed by atoms with Crippen molar-refractivity contribution >= 4 is 19.3 Å². The summed E-state index contributed by atoms with van der Waals surface area (Å²) in [5, 5.41) is 0. The van der Waals surface area contributed by atoms with Gasteiger partial charge < -0.3 is 13.9 Å². The van der Waals surface area contributed by atoms with Crippen molar-refractivity contribution in [2.45, 2.75) is 32.4 Å². The normalized spacial score (nSPS) is 20.6. The molecule has 1 aliphatic rings. The maximum Gasteiger partial charge on any atom is 0.145 e. The lowest BCUT2D eigenvalue weighted by Crippen LogP contribution is -2.45. The van der Waals surface area contributed by atoms with Crippen LogP contribution in [0, 0.1) is 5.41 Å². The van der Waals surface area contributed by atoms with Crippen LogP contribution in [-0.2, 0) is 13.9 Å². The van der Waals surface area contributed by atoms with E-state index in [1.807, 2.05) is 0 Å². The molecular formula is C11H26O3Si2. The van der Waals surface area contributed by atoms with Gasteiger partial charge in [-0.2, -0.15) is 0 Å². The Morgan fingerprint density at radius 1 is 1.44 bits per heavy atom. The molecule has 1 heterocycles. The maximum atomic E-state index is 5.77. The third-order valence-electron chi connectivity index (χ3n) is 3.41. The summed E-state index contributed by atoms with van der Waals surface area (Å²) >= 11 is 0. The Hall–Kier alpha value is 0.314. The van der Waals surface area contributed by atoms with Gasteiger partial charge in [-0.25, -0.2) is 0 Å². The zero-order valence-electron chi connectivity index (χ0n) is 11.0. The summed E-state index contributed by atoms with van der Waals surface area (Å²) in [5.41, 5.74) is 0.348. The van der Waals surface area contributed by atoms with E-state index in [1.165, 1.54) is 18.9 Å². The molecule has 0 amide bonds. The third kappa shape index (κ3) is 4.67. The van der Waals surface area contributed by atoms with Crippen LogP contribution in [0.15, 0.2) is 0 Å². The Balaban J connectivity index is 1.95. The topological polar surface area (TPSA) is 27.7 Å². The highest BCUT2D eigenvalue weighted by Gasteiger charge is 2.36. The second-order valence-corrected chi connectivity index (χ2v) is 8.80. The molecule has 96 valence electrons. The predicted molar refractivity (Wildman–Crippen MR) is 72.7 cm³/mol. The van der Waals surface area contributed by atoms with Crippen LogP contribution in [0.3, 0.4) is 0 Å². The van der Waals surface area contributed by atoms with Crippen LogP contribution in [-0.4, -0.2) is 51.9 Å². The first-order valence-electron chi connectivity index (χ1n) is 6.37. The van der Waals surface area contributed by atoms with Gasteiger partial charge in [-0.05, 0) is 12.8 Å². The van der Waals surface area contributed by atoms with Gasteiger partial charge in [-0.3, -0.25) is 0 Å².